The van der Waals surface area contributed by atoms with Gasteiger partial charge >= 0.3 is 5.97 Å². The third kappa shape index (κ3) is 9.22. The molecule has 0 bridgehead atoms. The summed E-state index contributed by atoms with van der Waals surface area (Å²) >= 11 is 0. The highest BCUT2D eigenvalue weighted by molar-refractivity contribution is 5.69. The summed E-state index contributed by atoms with van der Waals surface area (Å²) in [5.41, 5.74) is 2.43. The maximum absolute atomic E-state index is 12.8. The fraction of sp³-hybridized carbons (Fsp3) is 0.841. The van der Waals surface area contributed by atoms with Crippen LogP contribution in [0.5, 0.6) is 0 Å². The van der Waals surface area contributed by atoms with E-state index in [2.05, 4.69) is 78.8 Å². The Bertz CT molecular complexity index is 1020. The van der Waals surface area contributed by atoms with Gasteiger partial charge in [-0.3, -0.25) is 4.79 Å². The average molecular weight is 635 g/mol. The fourth-order valence-corrected chi connectivity index (χ4v) is 11.0. The van der Waals surface area contributed by atoms with Gasteiger partial charge in [0.15, 0.2) is 0 Å². The molecule has 0 aromatic rings. The predicted molar refractivity (Wildman–Crippen MR) is 198 cm³/mol. The third-order valence-electron chi connectivity index (χ3n) is 13.9. The number of carbonyl (C=O) groups is 1. The summed E-state index contributed by atoms with van der Waals surface area (Å²) in [6, 6.07) is 0. The van der Waals surface area contributed by atoms with Crippen molar-refractivity contribution in [3.8, 4) is 0 Å². The van der Waals surface area contributed by atoms with E-state index in [0.29, 0.717) is 29.1 Å². The monoisotopic (exact) mass is 635 g/mol. The predicted octanol–water partition coefficient (Wildman–Crippen LogP) is 13.2. The number of ether oxygens (including phenoxy) is 1. The van der Waals surface area contributed by atoms with Gasteiger partial charge in [0.1, 0.15) is 6.10 Å². The van der Waals surface area contributed by atoms with Crippen LogP contribution in [-0.4, -0.2) is 12.1 Å². The van der Waals surface area contributed by atoms with Crippen LogP contribution in [0.2, 0.25) is 0 Å². The van der Waals surface area contributed by atoms with Crippen molar-refractivity contribution in [3.63, 3.8) is 0 Å². The maximum atomic E-state index is 12.8. The lowest BCUT2D eigenvalue weighted by Gasteiger charge is -2.58. The molecule has 3 saturated carbocycles. The van der Waals surface area contributed by atoms with Crippen molar-refractivity contribution in [1.29, 1.82) is 0 Å². The Morgan fingerprint density at radius 1 is 0.870 bits per heavy atom. The van der Waals surface area contributed by atoms with E-state index in [1.165, 1.54) is 96.3 Å². The van der Waals surface area contributed by atoms with Crippen LogP contribution in [0.1, 0.15) is 177 Å². The van der Waals surface area contributed by atoms with Crippen LogP contribution < -0.4 is 0 Å². The normalized spacial score (nSPS) is 33.9. The van der Waals surface area contributed by atoms with E-state index in [1.54, 1.807) is 5.57 Å². The number of carbonyl (C=O) groups excluding carboxylic acids is 1. The largest absolute Gasteiger partial charge is 0.462 e. The van der Waals surface area contributed by atoms with Crippen LogP contribution in [0, 0.1) is 52.3 Å². The molecule has 0 aromatic carbocycles. The molecule has 4 rings (SSSR count). The first kappa shape index (κ1) is 37.5. The van der Waals surface area contributed by atoms with E-state index in [1.807, 2.05) is 0 Å². The van der Waals surface area contributed by atoms with Gasteiger partial charge in [0, 0.05) is 12.8 Å². The smallest absolute Gasteiger partial charge is 0.306 e. The molecule has 0 amide bonds. The number of rotatable bonds is 18. The van der Waals surface area contributed by atoms with Gasteiger partial charge in [-0.05, 0) is 136 Å². The number of esters is 1. The standard InChI is InChI=1S/C44H74O2/c1-8-10-11-12-13-14-15-16-17-18-19-20-21-42(45)46-37-28-30-43(6)36(32-37)24-25-38-40-27-26-39(44(40,7)31-29-41(38)43)34(5)22-23-35(9-2)33(3)4/h13-14,22-24,33-35,37-41H,8-12,15-21,25-32H2,1-7H3/b14-13-,23-22+. The minimum atomic E-state index is 0.0464. The van der Waals surface area contributed by atoms with Gasteiger partial charge in [0.25, 0.3) is 0 Å². The van der Waals surface area contributed by atoms with Gasteiger partial charge in [-0.1, -0.05) is 117 Å². The average Bonchev–Trinajstić information content (AvgIpc) is 3.39. The molecule has 0 aromatic heterocycles. The SMILES string of the molecule is CCCCC/C=C\CCCCCCCC(=O)OC1CCC2(C)C(=CCC3C2CCC2(C)C(C(C)/C=C/C(CC)C(C)C)CCC32)C1. The molecule has 262 valence electrons. The van der Waals surface area contributed by atoms with Crippen LogP contribution in [0.25, 0.3) is 0 Å². The zero-order valence-corrected chi connectivity index (χ0v) is 31.5. The van der Waals surface area contributed by atoms with Gasteiger partial charge in [-0.15, -0.1) is 0 Å². The summed E-state index contributed by atoms with van der Waals surface area (Å²) in [6.45, 7) is 17.1. The Kier molecular flexibility index (Phi) is 14.6. The zero-order valence-electron chi connectivity index (χ0n) is 31.5. The minimum absolute atomic E-state index is 0.0464. The number of hydrogen-bond donors (Lipinski definition) is 0. The number of hydrogen-bond acceptors (Lipinski definition) is 2. The van der Waals surface area contributed by atoms with Crippen LogP contribution in [0.15, 0.2) is 36.0 Å². The maximum Gasteiger partial charge on any atom is 0.306 e. The summed E-state index contributed by atoms with van der Waals surface area (Å²) < 4.78 is 6.11. The Hall–Kier alpha value is -1.31. The number of unbranched alkanes of at least 4 members (excludes halogenated alkanes) is 8. The summed E-state index contributed by atoms with van der Waals surface area (Å²) in [5, 5.41) is 0. The molecule has 9 atom stereocenters. The first-order valence-corrected chi connectivity index (χ1v) is 20.4. The van der Waals surface area contributed by atoms with Gasteiger partial charge < -0.3 is 4.74 Å². The second-order valence-electron chi connectivity index (χ2n) is 17.2. The van der Waals surface area contributed by atoms with E-state index in [4.69, 9.17) is 4.74 Å². The van der Waals surface area contributed by atoms with E-state index in [0.717, 1.165) is 55.3 Å². The lowest BCUT2D eigenvalue weighted by Crippen LogP contribution is -2.51. The molecule has 0 heterocycles. The van der Waals surface area contributed by atoms with E-state index in [-0.39, 0.29) is 12.1 Å². The highest BCUT2D eigenvalue weighted by atomic mass is 16.5. The Morgan fingerprint density at radius 3 is 2.30 bits per heavy atom. The molecule has 3 fully saturated rings. The van der Waals surface area contributed by atoms with Gasteiger partial charge in [-0.2, -0.15) is 0 Å². The quantitative estimate of drug-likeness (QED) is 0.0852. The first-order chi connectivity index (χ1) is 22.1. The van der Waals surface area contributed by atoms with Gasteiger partial charge in [-0.25, -0.2) is 0 Å². The summed E-state index contributed by atoms with van der Waals surface area (Å²) in [7, 11) is 0. The molecule has 2 nitrogen and oxygen atoms in total. The van der Waals surface area contributed by atoms with Crippen molar-refractivity contribution in [3.05, 3.63) is 36.0 Å². The van der Waals surface area contributed by atoms with Crippen LogP contribution in [-0.2, 0) is 9.53 Å². The van der Waals surface area contributed by atoms with Crippen molar-refractivity contribution < 1.29 is 9.53 Å². The van der Waals surface area contributed by atoms with Crippen molar-refractivity contribution in [2.45, 2.75) is 183 Å². The Labute approximate surface area is 286 Å². The minimum Gasteiger partial charge on any atom is -0.462 e. The lowest BCUT2D eigenvalue weighted by molar-refractivity contribution is -0.151. The fourth-order valence-electron chi connectivity index (χ4n) is 11.0. The zero-order chi connectivity index (χ0) is 33.2. The second kappa shape index (κ2) is 17.9. The molecule has 0 saturated heterocycles. The summed E-state index contributed by atoms with van der Waals surface area (Å²) in [4.78, 5) is 12.8. The molecule has 0 aliphatic heterocycles. The molecule has 2 heteroatoms. The Balaban J connectivity index is 1.21. The van der Waals surface area contributed by atoms with E-state index in [9.17, 15) is 4.79 Å². The van der Waals surface area contributed by atoms with Crippen molar-refractivity contribution in [2.24, 2.45) is 52.3 Å². The molecule has 0 spiro atoms. The number of allylic oxidation sites excluding steroid dienone is 5. The molecular formula is C44H74O2. The molecule has 9 unspecified atom stereocenters. The highest BCUT2D eigenvalue weighted by Gasteiger charge is 2.59. The van der Waals surface area contributed by atoms with Crippen LogP contribution in [0.3, 0.4) is 0 Å². The van der Waals surface area contributed by atoms with E-state index >= 15 is 0 Å². The van der Waals surface area contributed by atoms with Crippen molar-refractivity contribution >= 4 is 5.97 Å². The molecular weight excluding hydrogens is 560 g/mol. The van der Waals surface area contributed by atoms with Crippen molar-refractivity contribution in [2.75, 3.05) is 0 Å². The molecule has 4 aliphatic rings. The lowest BCUT2D eigenvalue weighted by atomic mass is 9.47. The first-order valence-electron chi connectivity index (χ1n) is 20.4. The highest BCUT2D eigenvalue weighted by Crippen LogP contribution is 2.67. The number of fused-ring (bicyclic) bond motifs is 5. The van der Waals surface area contributed by atoms with Crippen molar-refractivity contribution in [1.82, 2.24) is 0 Å². The second-order valence-corrected chi connectivity index (χ2v) is 17.2. The summed E-state index contributed by atoms with van der Waals surface area (Å²) in [6.07, 6.45) is 37.0. The van der Waals surface area contributed by atoms with Gasteiger partial charge in [0.2, 0.25) is 0 Å². The molecule has 46 heavy (non-hydrogen) atoms. The molecule has 4 aliphatic carbocycles. The van der Waals surface area contributed by atoms with Gasteiger partial charge in [0.05, 0.1) is 0 Å². The summed E-state index contributed by atoms with van der Waals surface area (Å²) in [5.74, 6) is 5.53. The van der Waals surface area contributed by atoms with Crippen LogP contribution >= 0.6 is 0 Å². The third-order valence-corrected chi connectivity index (χ3v) is 13.9. The van der Waals surface area contributed by atoms with E-state index < -0.39 is 0 Å². The molecule has 0 radical (unpaired) electrons. The topological polar surface area (TPSA) is 26.3 Å². The molecule has 0 N–H and O–H groups in total. The Morgan fingerprint density at radius 2 is 1.59 bits per heavy atom. The van der Waals surface area contributed by atoms with Crippen LogP contribution in [0.4, 0.5) is 0 Å².